The summed E-state index contributed by atoms with van der Waals surface area (Å²) in [6.07, 6.45) is 3.93. The van der Waals surface area contributed by atoms with Gasteiger partial charge in [0.2, 0.25) is 0 Å². The van der Waals surface area contributed by atoms with E-state index in [0.29, 0.717) is 10.7 Å². The van der Waals surface area contributed by atoms with E-state index in [-0.39, 0.29) is 0 Å². The molecule has 0 bridgehead atoms. The number of anilines is 1. The summed E-state index contributed by atoms with van der Waals surface area (Å²) in [4.78, 5) is 7.27. The maximum absolute atomic E-state index is 5.61. The lowest BCUT2D eigenvalue weighted by molar-refractivity contribution is 0.578. The first-order chi connectivity index (χ1) is 9.24. The minimum Gasteiger partial charge on any atom is -0.388 e. The van der Waals surface area contributed by atoms with Crippen LogP contribution in [0.15, 0.2) is 30.3 Å². The molecule has 0 unspecified atom stereocenters. The smallest absolute Gasteiger partial charge is 0.122 e. The normalized spacial score (nSPS) is 15.7. The Morgan fingerprint density at radius 1 is 1.11 bits per heavy atom. The van der Waals surface area contributed by atoms with Crippen molar-refractivity contribution in [3.63, 3.8) is 0 Å². The minimum atomic E-state index is 0.349. The van der Waals surface area contributed by atoms with Crippen LogP contribution in [0.1, 0.15) is 25.0 Å². The highest BCUT2D eigenvalue weighted by Crippen LogP contribution is 2.24. The Hall–Kier alpha value is -1.68. The van der Waals surface area contributed by atoms with Gasteiger partial charge in [-0.05, 0) is 43.5 Å². The molecule has 4 heteroatoms. The summed E-state index contributed by atoms with van der Waals surface area (Å²) in [6.45, 7) is 2.31. The van der Waals surface area contributed by atoms with E-state index >= 15 is 0 Å². The summed E-state index contributed by atoms with van der Waals surface area (Å²) in [6, 6.07) is 10.3. The van der Waals surface area contributed by atoms with Crippen LogP contribution >= 0.6 is 12.2 Å². The largest absolute Gasteiger partial charge is 0.388 e. The number of nitrogens with two attached hydrogens (primary N) is 1. The van der Waals surface area contributed by atoms with Crippen molar-refractivity contribution in [1.29, 1.82) is 0 Å². The Bertz CT molecular complexity index is 618. The van der Waals surface area contributed by atoms with E-state index in [9.17, 15) is 0 Å². The number of rotatable bonds is 2. The predicted octanol–water partition coefficient (Wildman–Crippen LogP) is 2.86. The molecule has 0 aliphatic carbocycles. The molecule has 1 aromatic carbocycles. The first kappa shape index (κ1) is 12.4. The second-order valence-electron chi connectivity index (χ2n) is 4.99. The van der Waals surface area contributed by atoms with E-state index in [1.54, 1.807) is 0 Å². The van der Waals surface area contributed by atoms with Gasteiger partial charge in [0, 0.05) is 24.2 Å². The van der Waals surface area contributed by atoms with E-state index in [0.717, 1.165) is 24.0 Å². The lowest BCUT2D eigenvalue weighted by atomic mass is 10.1. The van der Waals surface area contributed by atoms with Gasteiger partial charge in [0.15, 0.2) is 0 Å². The summed E-state index contributed by atoms with van der Waals surface area (Å²) < 4.78 is 0. The van der Waals surface area contributed by atoms with Crippen LogP contribution in [0.25, 0.3) is 10.9 Å². The van der Waals surface area contributed by atoms with Gasteiger partial charge in [-0.3, -0.25) is 0 Å². The van der Waals surface area contributed by atoms with Crippen molar-refractivity contribution < 1.29 is 0 Å². The molecule has 0 spiro atoms. The Balaban J connectivity index is 1.97. The van der Waals surface area contributed by atoms with Crippen molar-refractivity contribution in [1.82, 2.24) is 4.98 Å². The molecule has 1 fully saturated rings. The molecule has 19 heavy (non-hydrogen) atoms. The fraction of sp³-hybridized carbons (Fsp3) is 0.333. The molecule has 2 heterocycles. The first-order valence-corrected chi connectivity index (χ1v) is 7.10. The van der Waals surface area contributed by atoms with Crippen LogP contribution < -0.4 is 10.6 Å². The van der Waals surface area contributed by atoms with Gasteiger partial charge in [0.1, 0.15) is 4.99 Å². The topological polar surface area (TPSA) is 42.1 Å². The summed E-state index contributed by atoms with van der Waals surface area (Å²) in [5.74, 6) is 0. The van der Waals surface area contributed by atoms with Crippen molar-refractivity contribution in [3.8, 4) is 0 Å². The van der Waals surface area contributed by atoms with E-state index in [4.69, 9.17) is 18.0 Å². The van der Waals surface area contributed by atoms with Crippen molar-refractivity contribution in [2.45, 2.75) is 19.3 Å². The highest BCUT2D eigenvalue weighted by molar-refractivity contribution is 7.80. The van der Waals surface area contributed by atoms with Crippen LogP contribution in [-0.4, -0.2) is 23.1 Å². The van der Waals surface area contributed by atoms with Gasteiger partial charge in [-0.25, -0.2) is 4.98 Å². The summed E-state index contributed by atoms with van der Waals surface area (Å²) in [5, 5.41) is 1.14. The van der Waals surface area contributed by atoms with Crippen LogP contribution in [0.5, 0.6) is 0 Å². The van der Waals surface area contributed by atoms with Crippen LogP contribution in [0.3, 0.4) is 0 Å². The van der Waals surface area contributed by atoms with Gasteiger partial charge in [0.25, 0.3) is 0 Å². The second-order valence-corrected chi connectivity index (χ2v) is 5.43. The SMILES string of the molecule is NC(=S)c1ccc2cc(N3CCCCC3)ccc2n1. The van der Waals surface area contributed by atoms with Crippen LogP contribution in [0, 0.1) is 0 Å². The van der Waals surface area contributed by atoms with Crippen molar-refractivity contribution in [2.24, 2.45) is 5.73 Å². The number of aromatic nitrogens is 1. The van der Waals surface area contributed by atoms with Crippen molar-refractivity contribution >= 4 is 33.8 Å². The lowest BCUT2D eigenvalue weighted by Crippen LogP contribution is -2.29. The molecule has 1 aliphatic heterocycles. The Labute approximate surface area is 118 Å². The van der Waals surface area contributed by atoms with Gasteiger partial charge in [-0.2, -0.15) is 0 Å². The molecule has 0 saturated carbocycles. The highest BCUT2D eigenvalue weighted by atomic mass is 32.1. The number of hydrogen-bond donors (Lipinski definition) is 1. The molecular formula is C15H17N3S. The van der Waals surface area contributed by atoms with Gasteiger partial charge >= 0.3 is 0 Å². The van der Waals surface area contributed by atoms with E-state index in [2.05, 4.69) is 28.1 Å². The molecule has 1 saturated heterocycles. The number of pyridine rings is 1. The third kappa shape index (κ3) is 2.54. The van der Waals surface area contributed by atoms with Gasteiger partial charge in [0.05, 0.1) is 11.2 Å². The lowest BCUT2D eigenvalue weighted by Gasteiger charge is -2.29. The quantitative estimate of drug-likeness (QED) is 0.853. The average Bonchev–Trinajstić information content (AvgIpc) is 2.47. The molecule has 1 aliphatic rings. The average molecular weight is 271 g/mol. The third-order valence-electron chi connectivity index (χ3n) is 3.65. The Morgan fingerprint density at radius 3 is 2.63 bits per heavy atom. The van der Waals surface area contributed by atoms with E-state index in [1.165, 1.54) is 24.9 Å². The predicted molar refractivity (Wildman–Crippen MR) is 83.7 cm³/mol. The van der Waals surface area contributed by atoms with Gasteiger partial charge in [-0.15, -0.1) is 0 Å². The number of piperidine rings is 1. The van der Waals surface area contributed by atoms with Crippen molar-refractivity contribution in [3.05, 3.63) is 36.0 Å². The maximum Gasteiger partial charge on any atom is 0.122 e. The second kappa shape index (κ2) is 5.13. The molecule has 0 atom stereocenters. The molecule has 3 rings (SSSR count). The highest BCUT2D eigenvalue weighted by Gasteiger charge is 2.11. The van der Waals surface area contributed by atoms with Crippen LogP contribution in [0.4, 0.5) is 5.69 Å². The molecule has 2 aromatic rings. The number of thiocarbonyl (C=S) groups is 1. The fourth-order valence-electron chi connectivity index (χ4n) is 2.60. The zero-order valence-corrected chi connectivity index (χ0v) is 11.6. The molecule has 0 radical (unpaired) electrons. The zero-order valence-electron chi connectivity index (χ0n) is 10.8. The van der Waals surface area contributed by atoms with E-state index < -0.39 is 0 Å². The maximum atomic E-state index is 5.61. The van der Waals surface area contributed by atoms with Gasteiger partial charge < -0.3 is 10.6 Å². The molecule has 3 nitrogen and oxygen atoms in total. The summed E-state index contributed by atoms with van der Waals surface area (Å²) in [7, 11) is 0. The third-order valence-corrected chi connectivity index (χ3v) is 3.86. The number of nitrogens with zero attached hydrogens (tertiary/aromatic N) is 2. The number of hydrogen-bond acceptors (Lipinski definition) is 3. The zero-order chi connectivity index (χ0) is 13.2. The summed E-state index contributed by atoms with van der Waals surface area (Å²) >= 11 is 4.96. The Morgan fingerprint density at radius 2 is 1.89 bits per heavy atom. The minimum absolute atomic E-state index is 0.349. The molecule has 0 amide bonds. The number of benzene rings is 1. The summed E-state index contributed by atoms with van der Waals surface area (Å²) in [5.41, 5.74) is 8.54. The molecule has 2 N–H and O–H groups in total. The van der Waals surface area contributed by atoms with Crippen LogP contribution in [0.2, 0.25) is 0 Å². The molecule has 98 valence electrons. The number of fused-ring (bicyclic) bond motifs is 1. The first-order valence-electron chi connectivity index (χ1n) is 6.69. The standard InChI is InChI=1S/C15H17N3S/c16-15(19)14-6-4-11-10-12(5-7-13(11)17-14)18-8-2-1-3-9-18/h4-7,10H,1-3,8-9H2,(H2,16,19). The molecule has 1 aromatic heterocycles. The molecular weight excluding hydrogens is 254 g/mol. The van der Waals surface area contributed by atoms with E-state index in [1.807, 2.05) is 12.1 Å². The monoisotopic (exact) mass is 271 g/mol. The fourth-order valence-corrected chi connectivity index (χ4v) is 2.71. The van der Waals surface area contributed by atoms with Crippen molar-refractivity contribution in [2.75, 3.05) is 18.0 Å². The van der Waals surface area contributed by atoms with Gasteiger partial charge in [-0.1, -0.05) is 18.3 Å². The Kier molecular flexibility index (Phi) is 3.34. The van der Waals surface area contributed by atoms with Crippen LogP contribution in [-0.2, 0) is 0 Å².